The predicted molar refractivity (Wildman–Crippen MR) is 119 cm³/mol. The molecule has 1 saturated heterocycles. The van der Waals surface area contributed by atoms with Crippen molar-refractivity contribution >= 4 is 45.1 Å². The van der Waals surface area contributed by atoms with Crippen LogP contribution in [-0.4, -0.2) is 38.6 Å². The largest absolute Gasteiger partial charge is 0.282 e. The number of imide groups is 1. The van der Waals surface area contributed by atoms with Crippen LogP contribution in [0.4, 0.5) is 0 Å². The lowest BCUT2D eigenvalue weighted by molar-refractivity contribution is -0.140. The van der Waals surface area contributed by atoms with Crippen LogP contribution in [0.5, 0.6) is 0 Å². The molecule has 1 fully saturated rings. The van der Waals surface area contributed by atoms with E-state index in [9.17, 15) is 14.4 Å². The van der Waals surface area contributed by atoms with Crippen LogP contribution < -0.4 is 5.56 Å². The Labute approximate surface area is 181 Å². The fraction of sp³-hybridized carbons (Fsp3) is 0.364. The van der Waals surface area contributed by atoms with Crippen LogP contribution in [0.2, 0.25) is 0 Å². The van der Waals surface area contributed by atoms with Crippen molar-refractivity contribution in [2.45, 2.75) is 43.7 Å². The van der Waals surface area contributed by atoms with Gasteiger partial charge in [-0.25, -0.2) is 4.98 Å². The van der Waals surface area contributed by atoms with E-state index in [-0.39, 0.29) is 23.1 Å². The van der Waals surface area contributed by atoms with Crippen LogP contribution in [-0.2, 0) is 22.4 Å². The molecule has 3 heterocycles. The Kier molecular flexibility index (Phi) is 5.20. The van der Waals surface area contributed by atoms with E-state index in [1.54, 1.807) is 15.9 Å². The number of para-hydroxylation sites is 1. The van der Waals surface area contributed by atoms with E-state index in [4.69, 9.17) is 4.98 Å². The zero-order valence-electron chi connectivity index (χ0n) is 16.4. The summed E-state index contributed by atoms with van der Waals surface area (Å²) < 4.78 is 1.62. The maximum absolute atomic E-state index is 13.6. The zero-order chi connectivity index (χ0) is 20.7. The van der Waals surface area contributed by atoms with Crippen molar-refractivity contribution in [2.24, 2.45) is 0 Å². The molecule has 2 amide bonds. The molecule has 0 spiro atoms. The number of thiophene rings is 1. The number of carbonyl (C=O) groups is 2. The fourth-order valence-electron chi connectivity index (χ4n) is 4.20. The van der Waals surface area contributed by atoms with E-state index in [1.165, 1.54) is 21.5 Å². The molecule has 3 aromatic rings. The van der Waals surface area contributed by atoms with Gasteiger partial charge < -0.3 is 0 Å². The first-order valence-corrected chi connectivity index (χ1v) is 12.0. The normalized spacial score (nSPS) is 16.3. The maximum Gasteiger partial charge on any atom is 0.267 e. The van der Waals surface area contributed by atoms with Crippen molar-refractivity contribution in [1.82, 2.24) is 14.5 Å². The number of rotatable bonds is 4. The molecule has 0 saturated carbocycles. The molecule has 1 aliphatic heterocycles. The minimum atomic E-state index is -0.220. The highest BCUT2D eigenvalue weighted by molar-refractivity contribution is 7.99. The molecule has 0 N–H and O–H groups in total. The Morgan fingerprint density at radius 1 is 1.07 bits per heavy atom. The lowest BCUT2D eigenvalue weighted by atomic mass is 9.97. The Balaban J connectivity index is 1.58. The van der Waals surface area contributed by atoms with Crippen molar-refractivity contribution in [3.8, 4) is 5.69 Å². The molecule has 0 radical (unpaired) electrons. The highest BCUT2D eigenvalue weighted by Crippen LogP contribution is 2.35. The molecule has 154 valence electrons. The van der Waals surface area contributed by atoms with E-state index in [0.717, 1.165) is 53.6 Å². The summed E-state index contributed by atoms with van der Waals surface area (Å²) >= 11 is 2.83. The first-order valence-electron chi connectivity index (χ1n) is 10.2. The van der Waals surface area contributed by atoms with Crippen LogP contribution in [0, 0.1) is 0 Å². The Bertz CT molecular complexity index is 1200. The van der Waals surface area contributed by atoms with Crippen molar-refractivity contribution in [2.75, 3.05) is 12.3 Å². The summed E-state index contributed by atoms with van der Waals surface area (Å²) in [4.78, 5) is 46.2. The molecule has 1 aromatic carbocycles. The second-order valence-electron chi connectivity index (χ2n) is 7.59. The van der Waals surface area contributed by atoms with Crippen molar-refractivity contribution in [1.29, 1.82) is 0 Å². The number of likely N-dealkylation sites (tertiary alicyclic amines) is 1. The third-order valence-electron chi connectivity index (χ3n) is 5.67. The van der Waals surface area contributed by atoms with Crippen LogP contribution in [0.15, 0.2) is 40.3 Å². The summed E-state index contributed by atoms with van der Waals surface area (Å²) in [5.41, 5.74) is 1.82. The van der Waals surface area contributed by atoms with Gasteiger partial charge in [0.1, 0.15) is 4.83 Å². The van der Waals surface area contributed by atoms with Gasteiger partial charge in [0, 0.05) is 17.8 Å². The van der Waals surface area contributed by atoms with E-state index in [0.29, 0.717) is 18.1 Å². The van der Waals surface area contributed by atoms with Gasteiger partial charge in [0.25, 0.3) is 5.56 Å². The average Bonchev–Trinajstić information content (AvgIpc) is 3.36. The number of aryl methyl sites for hydroxylation is 2. The number of hydrogen-bond donors (Lipinski definition) is 0. The summed E-state index contributed by atoms with van der Waals surface area (Å²) in [6.45, 7) is 0.480. The number of benzene rings is 1. The second kappa shape index (κ2) is 8.00. The van der Waals surface area contributed by atoms with Gasteiger partial charge >= 0.3 is 0 Å². The first kappa shape index (κ1) is 19.5. The molecule has 1 aliphatic carbocycles. The number of carbonyl (C=O) groups excluding carboxylic acids is 2. The van der Waals surface area contributed by atoms with E-state index in [1.807, 2.05) is 30.3 Å². The molecule has 6 nitrogen and oxygen atoms in total. The third kappa shape index (κ3) is 3.37. The van der Waals surface area contributed by atoms with Gasteiger partial charge in [-0.1, -0.05) is 30.0 Å². The Morgan fingerprint density at radius 2 is 1.87 bits per heavy atom. The molecule has 5 rings (SSSR count). The van der Waals surface area contributed by atoms with Gasteiger partial charge in [-0.15, -0.1) is 11.3 Å². The van der Waals surface area contributed by atoms with Gasteiger partial charge in [0.05, 0.1) is 16.8 Å². The van der Waals surface area contributed by atoms with Gasteiger partial charge in [0.15, 0.2) is 5.16 Å². The summed E-state index contributed by atoms with van der Waals surface area (Å²) in [6, 6.07) is 9.44. The average molecular weight is 440 g/mol. The SMILES string of the molecule is O=C1CCCN1C(=O)CSc1nc2sc3c(c2c(=O)n1-c1ccccc1)CCCC3. The number of amides is 2. The number of fused-ring (bicyclic) bond motifs is 3. The molecule has 8 heteroatoms. The molecule has 0 atom stereocenters. The number of aromatic nitrogens is 2. The Hall–Kier alpha value is -2.45. The van der Waals surface area contributed by atoms with Gasteiger partial charge in [-0.2, -0.15) is 0 Å². The topological polar surface area (TPSA) is 72.3 Å². The van der Waals surface area contributed by atoms with Crippen molar-refractivity contribution in [3.05, 3.63) is 51.1 Å². The van der Waals surface area contributed by atoms with Crippen molar-refractivity contribution < 1.29 is 9.59 Å². The summed E-state index contributed by atoms with van der Waals surface area (Å²) in [5, 5.41) is 1.22. The van der Waals surface area contributed by atoms with Gasteiger partial charge in [-0.05, 0) is 49.8 Å². The molecule has 2 aliphatic rings. The molecule has 0 unspecified atom stereocenters. The number of nitrogens with zero attached hydrogens (tertiary/aromatic N) is 3. The summed E-state index contributed by atoms with van der Waals surface area (Å²) in [5.74, 6) is -0.251. The number of thioether (sulfide) groups is 1. The summed E-state index contributed by atoms with van der Waals surface area (Å²) in [6.07, 6.45) is 5.30. The van der Waals surface area contributed by atoms with Crippen molar-refractivity contribution in [3.63, 3.8) is 0 Å². The third-order valence-corrected chi connectivity index (χ3v) is 7.78. The molecule has 0 bridgehead atoms. The lowest BCUT2D eigenvalue weighted by Gasteiger charge is -2.15. The van der Waals surface area contributed by atoms with Crippen LogP contribution in [0.1, 0.15) is 36.1 Å². The monoisotopic (exact) mass is 439 g/mol. The van der Waals surface area contributed by atoms with E-state index in [2.05, 4.69) is 0 Å². The van der Waals surface area contributed by atoms with Crippen LogP contribution >= 0.6 is 23.1 Å². The smallest absolute Gasteiger partial charge is 0.267 e. The quantitative estimate of drug-likeness (QED) is 0.459. The zero-order valence-corrected chi connectivity index (χ0v) is 18.1. The highest BCUT2D eigenvalue weighted by atomic mass is 32.2. The molecule has 2 aromatic heterocycles. The Morgan fingerprint density at radius 3 is 2.63 bits per heavy atom. The lowest BCUT2D eigenvalue weighted by Crippen LogP contribution is -2.33. The minimum absolute atomic E-state index is 0.0715. The molecule has 30 heavy (non-hydrogen) atoms. The van der Waals surface area contributed by atoms with Gasteiger partial charge in [-0.3, -0.25) is 23.9 Å². The maximum atomic E-state index is 13.6. The minimum Gasteiger partial charge on any atom is -0.282 e. The standard InChI is InChI=1S/C22H21N3O3S2/c26-17-11-6-12-24(17)18(27)13-29-22-23-20-19(15-9-4-5-10-16(15)30-20)21(28)25(22)14-7-2-1-3-8-14/h1-3,7-8H,4-6,9-13H2. The predicted octanol–water partition coefficient (Wildman–Crippen LogP) is 3.57. The van der Waals surface area contributed by atoms with Crippen LogP contribution in [0.3, 0.4) is 0 Å². The fourth-order valence-corrected chi connectivity index (χ4v) is 6.40. The van der Waals surface area contributed by atoms with E-state index >= 15 is 0 Å². The highest BCUT2D eigenvalue weighted by Gasteiger charge is 2.27. The molecular formula is C22H21N3O3S2. The second-order valence-corrected chi connectivity index (χ2v) is 9.62. The van der Waals surface area contributed by atoms with E-state index < -0.39 is 0 Å². The molecular weight excluding hydrogens is 418 g/mol. The first-order chi connectivity index (χ1) is 14.6. The number of hydrogen-bond acceptors (Lipinski definition) is 6. The van der Waals surface area contributed by atoms with Gasteiger partial charge in [0.2, 0.25) is 11.8 Å². The summed E-state index contributed by atoms with van der Waals surface area (Å²) in [7, 11) is 0. The van der Waals surface area contributed by atoms with Crippen LogP contribution in [0.25, 0.3) is 15.9 Å².